The summed E-state index contributed by atoms with van der Waals surface area (Å²) in [6.45, 7) is 0. The second-order valence-corrected chi connectivity index (χ2v) is 6.55. The third-order valence-electron chi connectivity index (χ3n) is 2.45. The Bertz CT molecular complexity index is 890. The standard InChI is InChI=1S/C10H6ClFN4O2S2/c11-8-9(16-3-4-19-10(16)14-8)20(17,18)15-7-1-2-13-5-6(7)12/h1-5H,(H,13,15). The van der Waals surface area contributed by atoms with Gasteiger partial charge in [0.25, 0.3) is 10.0 Å². The SMILES string of the molecule is O=S(=O)(Nc1ccncc1F)c1c(Cl)nc2sccn12. The topological polar surface area (TPSA) is 76.4 Å². The highest BCUT2D eigenvalue weighted by molar-refractivity contribution is 7.92. The lowest BCUT2D eigenvalue weighted by molar-refractivity contribution is 0.594. The van der Waals surface area contributed by atoms with Crippen molar-refractivity contribution in [2.24, 2.45) is 0 Å². The predicted octanol–water partition coefficient (Wildman–Crippen LogP) is 2.38. The van der Waals surface area contributed by atoms with Crippen molar-refractivity contribution in [3.8, 4) is 0 Å². The van der Waals surface area contributed by atoms with Crippen LogP contribution < -0.4 is 4.72 Å². The summed E-state index contributed by atoms with van der Waals surface area (Å²) >= 11 is 7.09. The lowest BCUT2D eigenvalue weighted by Gasteiger charge is -2.07. The number of rotatable bonds is 3. The van der Waals surface area contributed by atoms with Crippen LogP contribution in [0, 0.1) is 5.82 Å². The maximum absolute atomic E-state index is 13.5. The molecule has 0 saturated carbocycles. The van der Waals surface area contributed by atoms with Gasteiger partial charge in [-0.25, -0.2) is 9.37 Å². The van der Waals surface area contributed by atoms with Crippen LogP contribution in [0.25, 0.3) is 4.96 Å². The van der Waals surface area contributed by atoms with Gasteiger partial charge in [0, 0.05) is 17.8 Å². The maximum Gasteiger partial charge on any atom is 0.281 e. The Labute approximate surface area is 121 Å². The van der Waals surface area contributed by atoms with E-state index in [-0.39, 0.29) is 15.9 Å². The van der Waals surface area contributed by atoms with Crippen molar-refractivity contribution in [2.75, 3.05) is 4.72 Å². The van der Waals surface area contributed by atoms with Crippen LogP contribution in [0.4, 0.5) is 10.1 Å². The number of halogens is 2. The highest BCUT2D eigenvalue weighted by Gasteiger charge is 2.26. The van der Waals surface area contributed by atoms with Crippen LogP contribution in [0.15, 0.2) is 35.1 Å². The van der Waals surface area contributed by atoms with E-state index in [2.05, 4.69) is 14.7 Å². The van der Waals surface area contributed by atoms with Crippen molar-refractivity contribution >= 4 is 43.6 Å². The smallest absolute Gasteiger partial charge is 0.278 e. The second kappa shape index (κ2) is 4.69. The van der Waals surface area contributed by atoms with Crippen LogP contribution in [0.3, 0.4) is 0 Å². The summed E-state index contributed by atoms with van der Waals surface area (Å²) < 4.78 is 41.5. The van der Waals surface area contributed by atoms with Crippen LogP contribution in [0.2, 0.25) is 5.15 Å². The molecule has 0 aliphatic carbocycles. The molecule has 20 heavy (non-hydrogen) atoms. The first-order valence-electron chi connectivity index (χ1n) is 5.22. The second-order valence-electron chi connectivity index (χ2n) is 3.72. The molecule has 3 aromatic heterocycles. The Morgan fingerprint density at radius 2 is 2.25 bits per heavy atom. The largest absolute Gasteiger partial charge is 0.281 e. The van der Waals surface area contributed by atoms with Gasteiger partial charge in [-0.3, -0.25) is 14.1 Å². The number of aromatic nitrogens is 3. The molecule has 3 aromatic rings. The molecule has 1 N–H and O–H groups in total. The average Bonchev–Trinajstić information content (AvgIpc) is 2.91. The molecule has 3 rings (SSSR count). The van der Waals surface area contributed by atoms with Gasteiger partial charge >= 0.3 is 0 Å². The normalized spacial score (nSPS) is 11.9. The van der Waals surface area contributed by atoms with Crippen LogP contribution in [-0.4, -0.2) is 22.8 Å². The van der Waals surface area contributed by atoms with E-state index in [9.17, 15) is 12.8 Å². The van der Waals surface area contributed by atoms with E-state index in [1.54, 1.807) is 5.38 Å². The number of sulfonamides is 1. The molecule has 0 radical (unpaired) electrons. The van der Waals surface area contributed by atoms with Gasteiger partial charge in [0.05, 0.1) is 11.9 Å². The molecule has 0 unspecified atom stereocenters. The first-order chi connectivity index (χ1) is 9.49. The molecule has 0 atom stereocenters. The number of hydrogen-bond donors (Lipinski definition) is 1. The fourth-order valence-electron chi connectivity index (χ4n) is 1.63. The van der Waals surface area contributed by atoms with Gasteiger partial charge in [0.1, 0.15) is 0 Å². The van der Waals surface area contributed by atoms with Crippen molar-refractivity contribution < 1.29 is 12.8 Å². The van der Waals surface area contributed by atoms with E-state index < -0.39 is 15.8 Å². The fraction of sp³-hybridized carbons (Fsp3) is 0. The number of anilines is 1. The molecule has 104 valence electrons. The van der Waals surface area contributed by atoms with E-state index >= 15 is 0 Å². The minimum absolute atomic E-state index is 0.168. The molecule has 0 amide bonds. The molecule has 0 aliphatic heterocycles. The van der Waals surface area contributed by atoms with Crippen molar-refractivity contribution in [1.29, 1.82) is 0 Å². The minimum atomic E-state index is -4.06. The number of nitrogens with one attached hydrogen (secondary N) is 1. The van der Waals surface area contributed by atoms with Gasteiger partial charge in [-0.2, -0.15) is 8.42 Å². The number of imidazole rings is 1. The van der Waals surface area contributed by atoms with Crippen molar-refractivity contribution in [3.05, 3.63) is 41.0 Å². The number of pyridine rings is 1. The van der Waals surface area contributed by atoms with Gasteiger partial charge in [-0.05, 0) is 6.07 Å². The molecule has 0 aromatic carbocycles. The summed E-state index contributed by atoms with van der Waals surface area (Å²) in [7, 11) is -4.06. The number of thiazole rings is 1. The lowest BCUT2D eigenvalue weighted by atomic mass is 10.4. The molecule has 0 aliphatic rings. The quantitative estimate of drug-likeness (QED) is 0.799. The monoisotopic (exact) mass is 332 g/mol. The van der Waals surface area contributed by atoms with E-state index in [1.165, 1.54) is 34.2 Å². The first-order valence-corrected chi connectivity index (χ1v) is 7.96. The molecule has 3 heterocycles. The highest BCUT2D eigenvalue weighted by atomic mass is 35.5. The number of hydrogen-bond acceptors (Lipinski definition) is 5. The third-order valence-corrected chi connectivity index (χ3v) is 4.97. The first kappa shape index (κ1) is 13.3. The molecule has 10 heteroatoms. The van der Waals surface area contributed by atoms with E-state index in [4.69, 9.17) is 11.6 Å². The number of nitrogens with zero attached hydrogens (tertiary/aromatic N) is 3. The summed E-state index contributed by atoms with van der Waals surface area (Å²) in [6.07, 6.45) is 3.71. The summed E-state index contributed by atoms with van der Waals surface area (Å²) in [4.78, 5) is 7.91. The van der Waals surface area contributed by atoms with Gasteiger partial charge < -0.3 is 0 Å². The highest BCUT2D eigenvalue weighted by Crippen LogP contribution is 2.27. The zero-order valence-corrected chi connectivity index (χ0v) is 12.0. The fourth-order valence-corrected chi connectivity index (χ4v) is 4.15. The molecule has 6 nitrogen and oxygen atoms in total. The van der Waals surface area contributed by atoms with E-state index in [1.807, 2.05) is 0 Å². The molecular weight excluding hydrogens is 327 g/mol. The van der Waals surface area contributed by atoms with E-state index in [0.29, 0.717) is 4.96 Å². The van der Waals surface area contributed by atoms with Crippen LogP contribution in [0.1, 0.15) is 0 Å². The van der Waals surface area contributed by atoms with Gasteiger partial charge in [-0.15, -0.1) is 11.3 Å². The Hall–Kier alpha value is -1.71. The Balaban J connectivity index is 2.11. The molecule has 0 saturated heterocycles. The Morgan fingerprint density at radius 3 is 3.00 bits per heavy atom. The van der Waals surface area contributed by atoms with Crippen LogP contribution in [0.5, 0.6) is 0 Å². The minimum Gasteiger partial charge on any atom is -0.278 e. The Morgan fingerprint density at radius 1 is 1.45 bits per heavy atom. The Kier molecular flexibility index (Phi) is 3.11. The van der Waals surface area contributed by atoms with Gasteiger partial charge in [0.2, 0.25) is 0 Å². The molecule has 0 spiro atoms. The van der Waals surface area contributed by atoms with Crippen LogP contribution in [-0.2, 0) is 10.0 Å². The van der Waals surface area contributed by atoms with Crippen molar-refractivity contribution in [3.63, 3.8) is 0 Å². The number of fused-ring (bicyclic) bond motifs is 1. The predicted molar refractivity (Wildman–Crippen MR) is 73.1 cm³/mol. The summed E-state index contributed by atoms with van der Waals surface area (Å²) in [5.41, 5.74) is -0.207. The zero-order chi connectivity index (χ0) is 14.3. The molecular formula is C10H6ClFN4O2S2. The van der Waals surface area contributed by atoms with Gasteiger partial charge in [-0.1, -0.05) is 11.6 Å². The maximum atomic E-state index is 13.5. The summed E-state index contributed by atoms with van der Waals surface area (Å²) in [6, 6.07) is 1.21. The summed E-state index contributed by atoms with van der Waals surface area (Å²) in [5, 5.41) is 1.27. The van der Waals surface area contributed by atoms with E-state index in [0.717, 1.165) is 6.20 Å². The molecule has 0 fully saturated rings. The lowest BCUT2D eigenvalue weighted by Crippen LogP contribution is -2.16. The average molecular weight is 333 g/mol. The zero-order valence-electron chi connectivity index (χ0n) is 9.62. The third kappa shape index (κ3) is 2.13. The van der Waals surface area contributed by atoms with Crippen LogP contribution >= 0.6 is 22.9 Å². The van der Waals surface area contributed by atoms with Crippen molar-refractivity contribution in [1.82, 2.24) is 14.4 Å². The molecule has 0 bridgehead atoms. The summed E-state index contributed by atoms with van der Waals surface area (Å²) in [5.74, 6) is -0.779. The van der Waals surface area contributed by atoms with Crippen molar-refractivity contribution in [2.45, 2.75) is 5.03 Å². The van der Waals surface area contributed by atoms with Gasteiger partial charge in [0.15, 0.2) is 21.0 Å².